The van der Waals surface area contributed by atoms with Gasteiger partial charge in [-0.25, -0.2) is 8.42 Å². The number of halogens is 1. The van der Waals surface area contributed by atoms with Gasteiger partial charge in [-0.3, -0.25) is 4.79 Å². The number of carboxylic acids is 1. The lowest BCUT2D eigenvalue weighted by Gasteiger charge is -2.03. The van der Waals surface area contributed by atoms with E-state index in [1.165, 1.54) is 18.2 Å². The van der Waals surface area contributed by atoms with Gasteiger partial charge in [0.05, 0.1) is 4.90 Å². The van der Waals surface area contributed by atoms with Gasteiger partial charge in [-0.2, -0.15) is 0 Å². The molecule has 1 N–H and O–H groups in total. The van der Waals surface area contributed by atoms with Crippen LogP contribution in [0.4, 0.5) is 0 Å². The van der Waals surface area contributed by atoms with Crippen molar-refractivity contribution in [1.29, 1.82) is 0 Å². The number of sulfone groups is 1. The van der Waals surface area contributed by atoms with E-state index in [2.05, 4.69) is 0 Å². The molecule has 0 unspecified atom stereocenters. The van der Waals surface area contributed by atoms with Crippen molar-refractivity contribution in [3.8, 4) is 0 Å². The normalized spacial score (nSPS) is 11.3. The molecule has 0 saturated heterocycles. The zero-order valence-corrected chi connectivity index (χ0v) is 9.47. The molecule has 0 radical (unpaired) electrons. The first-order valence-electron chi connectivity index (χ1n) is 4.03. The van der Waals surface area contributed by atoms with Crippen molar-refractivity contribution in [2.75, 3.05) is 5.75 Å². The Balaban J connectivity index is 3.17. The fourth-order valence-corrected chi connectivity index (χ4v) is 2.32. The zero-order chi connectivity index (χ0) is 11.6. The Hall–Kier alpha value is -1.07. The van der Waals surface area contributed by atoms with Gasteiger partial charge in [0.1, 0.15) is 0 Å². The summed E-state index contributed by atoms with van der Waals surface area (Å²) < 4.78 is 22.9. The number of hydrogen-bond donors (Lipinski definition) is 1. The first kappa shape index (κ1) is 12.0. The SMILES string of the molecule is Cc1ccc(S(=O)(=O)CC(=O)O)cc1Cl. The summed E-state index contributed by atoms with van der Waals surface area (Å²) in [4.78, 5) is 10.3. The van der Waals surface area contributed by atoms with Crippen LogP contribution in [0.3, 0.4) is 0 Å². The van der Waals surface area contributed by atoms with E-state index in [0.29, 0.717) is 5.02 Å². The van der Waals surface area contributed by atoms with Crippen LogP contribution in [-0.4, -0.2) is 25.2 Å². The van der Waals surface area contributed by atoms with Crippen molar-refractivity contribution >= 4 is 27.4 Å². The smallest absolute Gasteiger partial charge is 0.319 e. The van der Waals surface area contributed by atoms with Gasteiger partial charge in [-0.05, 0) is 24.6 Å². The number of rotatable bonds is 3. The van der Waals surface area contributed by atoms with Gasteiger partial charge in [0.15, 0.2) is 15.6 Å². The molecule has 0 spiro atoms. The van der Waals surface area contributed by atoms with E-state index in [1.807, 2.05) is 0 Å². The van der Waals surface area contributed by atoms with Gasteiger partial charge >= 0.3 is 5.97 Å². The fraction of sp³-hybridized carbons (Fsp3) is 0.222. The number of carboxylic acid groups (broad SMARTS) is 1. The summed E-state index contributed by atoms with van der Waals surface area (Å²) in [7, 11) is -3.78. The van der Waals surface area contributed by atoms with Crippen LogP contribution < -0.4 is 0 Å². The van der Waals surface area contributed by atoms with E-state index in [0.717, 1.165) is 5.56 Å². The van der Waals surface area contributed by atoms with Crippen LogP contribution in [0.15, 0.2) is 23.1 Å². The molecule has 0 bridgehead atoms. The topological polar surface area (TPSA) is 71.4 Å². The van der Waals surface area contributed by atoms with Crippen LogP contribution in [0, 0.1) is 6.92 Å². The van der Waals surface area contributed by atoms with Crippen molar-refractivity contribution in [3.63, 3.8) is 0 Å². The lowest BCUT2D eigenvalue weighted by atomic mass is 10.2. The van der Waals surface area contributed by atoms with Crippen LogP contribution in [-0.2, 0) is 14.6 Å². The molecule has 1 rings (SSSR count). The van der Waals surface area contributed by atoms with Crippen LogP contribution in [0.25, 0.3) is 0 Å². The van der Waals surface area contributed by atoms with E-state index in [1.54, 1.807) is 6.92 Å². The zero-order valence-electron chi connectivity index (χ0n) is 7.90. The Morgan fingerprint density at radius 1 is 1.47 bits per heavy atom. The molecule has 0 aliphatic rings. The molecule has 0 aromatic heterocycles. The largest absolute Gasteiger partial charge is 0.480 e. The first-order valence-corrected chi connectivity index (χ1v) is 6.06. The van der Waals surface area contributed by atoms with Crippen LogP contribution in [0.2, 0.25) is 5.02 Å². The van der Waals surface area contributed by atoms with Crippen molar-refractivity contribution < 1.29 is 18.3 Å². The summed E-state index contributed by atoms with van der Waals surface area (Å²) in [5.41, 5.74) is 0.742. The minimum atomic E-state index is -3.78. The van der Waals surface area contributed by atoms with Gasteiger partial charge in [-0.1, -0.05) is 17.7 Å². The first-order chi connectivity index (χ1) is 6.83. The Bertz CT molecular complexity index is 493. The highest BCUT2D eigenvalue weighted by molar-refractivity contribution is 7.92. The summed E-state index contributed by atoms with van der Waals surface area (Å²) >= 11 is 5.74. The molecule has 15 heavy (non-hydrogen) atoms. The molecule has 1 aromatic carbocycles. The number of carbonyl (C=O) groups is 1. The maximum absolute atomic E-state index is 11.5. The second-order valence-electron chi connectivity index (χ2n) is 3.06. The monoisotopic (exact) mass is 248 g/mol. The molecule has 0 aliphatic heterocycles. The third-order valence-corrected chi connectivity index (χ3v) is 3.82. The summed E-state index contributed by atoms with van der Waals surface area (Å²) in [6, 6.07) is 4.14. The Morgan fingerprint density at radius 2 is 2.07 bits per heavy atom. The molecule has 0 fully saturated rings. The quantitative estimate of drug-likeness (QED) is 0.880. The van der Waals surface area contributed by atoms with E-state index in [-0.39, 0.29) is 4.90 Å². The molecule has 6 heteroatoms. The number of aryl methyl sites for hydroxylation is 1. The minimum Gasteiger partial charge on any atom is -0.480 e. The highest BCUT2D eigenvalue weighted by atomic mass is 35.5. The predicted molar refractivity (Wildman–Crippen MR) is 55.9 cm³/mol. The molecule has 0 aliphatic carbocycles. The third kappa shape index (κ3) is 2.94. The van der Waals surface area contributed by atoms with Crippen molar-refractivity contribution in [2.24, 2.45) is 0 Å². The molecule has 4 nitrogen and oxygen atoms in total. The second-order valence-corrected chi connectivity index (χ2v) is 5.46. The predicted octanol–water partition coefficient (Wildman–Crippen LogP) is 1.51. The average Bonchev–Trinajstić information content (AvgIpc) is 2.07. The highest BCUT2D eigenvalue weighted by Crippen LogP contribution is 2.20. The standard InChI is InChI=1S/C9H9ClO4S/c1-6-2-3-7(4-8(6)10)15(13,14)5-9(11)12/h2-4H,5H2,1H3,(H,11,12). The molecule has 0 saturated carbocycles. The van der Waals surface area contributed by atoms with Gasteiger partial charge < -0.3 is 5.11 Å². The van der Waals surface area contributed by atoms with Gasteiger partial charge in [-0.15, -0.1) is 0 Å². The summed E-state index contributed by atoms with van der Waals surface area (Å²) in [5.74, 6) is -2.31. The molecular formula is C9H9ClO4S. The van der Waals surface area contributed by atoms with E-state index in [9.17, 15) is 13.2 Å². The number of aliphatic carboxylic acids is 1. The Kier molecular flexibility index (Phi) is 3.36. The fourth-order valence-electron chi connectivity index (χ4n) is 1.01. The highest BCUT2D eigenvalue weighted by Gasteiger charge is 2.19. The van der Waals surface area contributed by atoms with E-state index in [4.69, 9.17) is 16.7 Å². The molecule has 0 heterocycles. The van der Waals surface area contributed by atoms with Gasteiger partial charge in [0.2, 0.25) is 0 Å². The van der Waals surface area contributed by atoms with E-state index >= 15 is 0 Å². The summed E-state index contributed by atoms with van der Waals surface area (Å²) in [6.45, 7) is 1.73. The van der Waals surface area contributed by atoms with Gasteiger partial charge in [0, 0.05) is 5.02 Å². The molecule has 0 amide bonds. The van der Waals surface area contributed by atoms with Crippen molar-refractivity contribution in [1.82, 2.24) is 0 Å². The minimum absolute atomic E-state index is 0.0690. The van der Waals surface area contributed by atoms with Crippen molar-refractivity contribution in [3.05, 3.63) is 28.8 Å². The van der Waals surface area contributed by atoms with Crippen LogP contribution in [0.1, 0.15) is 5.56 Å². The lowest BCUT2D eigenvalue weighted by Crippen LogP contribution is -2.15. The number of benzene rings is 1. The van der Waals surface area contributed by atoms with E-state index < -0.39 is 21.6 Å². The second kappa shape index (κ2) is 4.20. The average molecular weight is 249 g/mol. The Morgan fingerprint density at radius 3 is 2.53 bits per heavy atom. The Labute approximate surface area is 92.4 Å². The molecule has 0 atom stereocenters. The summed E-state index contributed by atoms with van der Waals surface area (Å²) in [6.07, 6.45) is 0. The summed E-state index contributed by atoms with van der Waals surface area (Å²) in [5, 5.41) is 8.73. The maximum atomic E-state index is 11.5. The molecular weight excluding hydrogens is 240 g/mol. The molecule has 1 aromatic rings. The molecule has 82 valence electrons. The third-order valence-electron chi connectivity index (χ3n) is 1.82. The van der Waals surface area contributed by atoms with Gasteiger partial charge in [0.25, 0.3) is 0 Å². The van der Waals surface area contributed by atoms with Crippen LogP contribution >= 0.6 is 11.6 Å². The number of hydrogen-bond acceptors (Lipinski definition) is 3. The lowest BCUT2D eigenvalue weighted by molar-refractivity contribution is -0.134. The van der Waals surface area contributed by atoms with Crippen molar-refractivity contribution in [2.45, 2.75) is 11.8 Å². The van der Waals surface area contributed by atoms with Crippen LogP contribution in [0.5, 0.6) is 0 Å². The maximum Gasteiger partial charge on any atom is 0.319 e.